The van der Waals surface area contributed by atoms with Crippen molar-refractivity contribution in [2.45, 2.75) is 99.9 Å². The van der Waals surface area contributed by atoms with Crippen molar-refractivity contribution in [3.63, 3.8) is 0 Å². The number of primary sulfonamides is 4. The number of aromatic nitrogens is 1. The van der Waals surface area contributed by atoms with Gasteiger partial charge in [-0.05, 0) is 153 Å². The second-order valence-electron chi connectivity index (χ2n) is 18.4. The van der Waals surface area contributed by atoms with Gasteiger partial charge in [0.05, 0.1) is 40.7 Å². The smallest absolute Gasteiger partial charge is 0.337 e. The molecule has 0 bridgehead atoms. The van der Waals surface area contributed by atoms with Gasteiger partial charge >= 0.3 is 6.07 Å². The van der Waals surface area contributed by atoms with Gasteiger partial charge in [0.25, 0.3) is 0 Å². The van der Waals surface area contributed by atoms with E-state index in [0.29, 0.717) is 5.69 Å². The summed E-state index contributed by atoms with van der Waals surface area (Å²) in [6, 6.07) is 25.3. The third-order valence-electron chi connectivity index (χ3n) is 10.3. The molecule has 16 nitrogen and oxygen atoms in total. The standard InChI is InChI=1S/C18H17FN2O3S.C10H11NO.2C8H6FNO2S.C6H5BrFNO2S.C5H10Si.CHCl3.2CH4.H2/c1-10-6-11(2)18(12(3)7-10)16-9-17(24-21-16)14-5-4-13(8-15(14)19)25(20,22)23;1-7-4-8(2)10(6-11-12)9(3)5-7;2*1-2-6-3-4-7(5-8(6)9)13(10,11)12;7-5-2-1-4(3-6(5)8)12(9,10)11;1-5-6(2,3)4;2-1(3)4;;;/h4-9H,1-3H3,(H2,20,22,23);4-5H,1-3H3;2*1,3-5H,(H2,10,11,12);1-3H,(H2,9,10,11);1H,2-4H3;1H;2*1H4;1H/i;;;;;;;;;1+1. The minimum Gasteiger partial charge on any atom is -0.498 e. The first-order valence-electron chi connectivity index (χ1n) is 23.4. The van der Waals surface area contributed by atoms with E-state index in [9.17, 15) is 56.4 Å². The number of nitrogens with two attached hydrogens (primary N) is 4. The van der Waals surface area contributed by atoms with E-state index in [1.165, 1.54) is 42.0 Å². The highest BCUT2D eigenvalue weighted by atomic mass is 79.9. The van der Waals surface area contributed by atoms with Gasteiger partial charge < -0.3 is 9.73 Å². The highest BCUT2D eigenvalue weighted by Gasteiger charge is 2.19. The lowest BCUT2D eigenvalue weighted by molar-refractivity contribution is 0.432. The highest BCUT2D eigenvalue weighted by Crippen LogP contribution is 2.33. The maximum Gasteiger partial charge on any atom is 0.337 e. The van der Waals surface area contributed by atoms with Gasteiger partial charge in [-0.1, -0.05) is 122 Å². The van der Waals surface area contributed by atoms with Crippen molar-refractivity contribution in [3.05, 3.63) is 191 Å². The van der Waals surface area contributed by atoms with Crippen LogP contribution in [0.5, 0.6) is 0 Å². The number of sulfonamides is 4. The van der Waals surface area contributed by atoms with Gasteiger partial charge in [-0.2, -0.15) is 0 Å². The highest BCUT2D eigenvalue weighted by molar-refractivity contribution is 9.10. The van der Waals surface area contributed by atoms with E-state index in [4.69, 9.17) is 79.2 Å². The van der Waals surface area contributed by atoms with Crippen LogP contribution in [-0.2, 0) is 40.1 Å². The Bertz CT molecular complexity index is 4090. The number of hydrogen-bond acceptors (Lipinski definition) is 11. The fourth-order valence-electron chi connectivity index (χ4n) is 6.61. The lowest BCUT2D eigenvalue weighted by Crippen LogP contribution is -2.15. The minimum atomic E-state index is -3.96. The number of nitrogens with zero attached hydrogens (tertiary/aromatic N) is 2. The first-order valence-corrected chi connectivity index (χ1v) is 35.2. The molecular formula is C58H66BrCl3F4N6O10S4Si. The van der Waals surface area contributed by atoms with Gasteiger partial charge in [-0.3, -0.25) is 0 Å². The molecule has 0 aliphatic heterocycles. The summed E-state index contributed by atoms with van der Waals surface area (Å²) in [5.41, 5.74) is 11.7. The molecule has 29 heteroatoms. The van der Waals surface area contributed by atoms with E-state index in [1.54, 1.807) is 6.07 Å². The van der Waals surface area contributed by atoms with Crippen molar-refractivity contribution in [3.8, 4) is 65.3 Å². The number of rotatable bonds is 6. The van der Waals surface area contributed by atoms with Crippen LogP contribution < -0.4 is 20.6 Å². The minimum absolute atomic E-state index is 0. The molecule has 0 radical (unpaired) electrons. The summed E-state index contributed by atoms with van der Waals surface area (Å²) in [4.78, 5) is -1.10. The fourth-order valence-corrected chi connectivity index (χ4v) is 8.96. The zero-order valence-corrected chi connectivity index (χ0v) is 54.7. The molecule has 8 N–H and O–H groups in total. The molecule has 0 fully saturated rings. The Balaban J connectivity index is -0.00000101. The van der Waals surface area contributed by atoms with Gasteiger partial charge in [-0.25, -0.2) is 71.8 Å². The summed E-state index contributed by atoms with van der Waals surface area (Å²) >= 11 is 17.3. The number of terminal acetylenes is 3. The molecule has 87 heavy (non-hydrogen) atoms. The van der Waals surface area contributed by atoms with Crippen molar-refractivity contribution in [2.24, 2.45) is 20.6 Å². The van der Waals surface area contributed by atoms with Crippen molar-refractivity contribution in [1.29, 1.82) is 0 Å². The van der Waals surface area contributed by atoms with Crippen LogP contribution in [0, 0.1) is 113 Å². The fraction of sp³-hybridized carbons (Fsp3) is 0.207. The molecule has 0 saturated carbocycles. The summed E-state index contributed by atoms with van der Waals surface area (Å²) < 4.78 is 145. The van der Waals surface area contributed by atoms with Crippen LogP contribution in [-0.4, -0.2) is 51.2 Å². The normalized spacial score (nSPS) is 10.6. The molecule has 7 aromatic rings. The summed E-state index contributed by atoms with van der Waals surface area (Å²) in [6.45, 7) is 18.3. The zero-order valence-electron chi connectivity index (χ0n) is 46.6. The van der Waals surface area contributed by atoms with Crippen LogP contribution in [0.1, 0.15) is 66.4 Å². The number of benzene rings is 6. The lowest BCUT2D eigenvalue weighted by Gasteiger charge is -2.07. The van der Waals surface area contributed by atoms with Gasteiger partial charge in [0.15, 0.2) is 10.1 Å². The van der Waals surface area contributed by atoms with Crippen LogP contribution in [0.15, 0.2) is 132 Å². The second kappa shape index (κ2) is 36.0. The Kier molecular flexibility index (Phi) is 34.2. The number of aryl methyl sites for hydroxylation is 6. The maximum atomic E-state index is 14.3. The first-order chi connectivity index (χ1) is 38.9. The van der Waals surface area contributed by atoms with Crippen molar-refractivity contribution in [2.75, 3.05) is 0 Å². The van der Waals surface area contributed by atoms with E-state index in [-0.39, 0.29) is 62.8 Å². The van der Waals surface area contributed by atoms with Gasteiger partial charge in [0.1, 0.15) is 42.6 Å². The van der Waals surface area contributed by atoms with Gasteiger partial charge in [-0.15, -0.1) is 24.8 Å². The molecule has 0 aliphatic rings. The predicted octanol–water partition coefficient (Wildman–Crippen LogP) is 13.7. The summed E-state index contributed by atoms with van der Waals surface area (Å²) in [6.07, 6.45) is 15.0. The Hall–Kier alpha value is -6.57. The molecule has 7 rings (SSSR count). The largest absolute Gasteiger partial charge is 0.498 e. The monoisotopic (exact) mass is 1420 g/mol. The average molecular weight is 1430 g/mol. The molecular weight excluding hydrogens is 1360 g/mol. The van der Waals surface area contributed by atoms with Crippen LogP contribution >= 0.6 is 50.7 Å². The van der Waals surface area contributed by atoms with Gasteiger partial charge in [0.2, 0.25) is 40.1 Å². The Labute approximate surface area is 534 Å². The van der Waals surface area contributed by atoms with E-state index in [2.05, 4.69) is 69.2 Å². The zero-order chi connectivity index (χ0) is 65.7. The predicted molar refractivity (Wildman–Crippen MR) is 349 cm³/mol. The molecule has 1 aromatic heterocycles. The SMILES string of the molecule is C.C.C#C[Si](C)(C)C.C#Cc1ccc(S(N)(=O)=O)cc1F.C#Cc1ccc(S(N)(=O)=O)cc1F.Cc1cc(C)c(-c2cc(-c3ccc(S(N)(=O)=O)cc3F)on2)c(C)c1.Cc1cc(C)c(C#[N+][O-])c(C)c1.ClC(Cl)Cl.NS(=O)(=O)c1ccc(Br)c(F)c1.[2HH]. The molecule has 0 unspecified atom stereocenters. The Morgan fingerprint density at radius 3 is 1.20 bits per heavy atom. The van der Waals surface area contributed by atoms with Crippen molar-refractivity contribution < 1.29 is 57.2 Å². The lowest BCUT2D eigenvalue weighted by atomic mass is 9.97. The third kappa shape index (κ3) is 28.9. The van der Waals surface area contributed by atoms with E-state index in [1.807, 2.05) is 65.8 Å². The van der Waals surface area contributed by atoms with Crippen molar-refractivity contribution in [1.82, 2.24) is 5.16 Å². The summed E-state index contributed by atoms with van der Waals surface area (Å²) in [5.74, 6) is 1.41. The number of alkyl halides is 3. The topological polar surface area (TPSA) is 294 Å². The molecule has 0 atom stereocenters. The number of hydrogen-bond donors (Lipinski definition) is 4. The Morgan fingerprint density at radius 1 is 0.575 bits per heavy atom. The molecule has 0 aliphatic carbocycles. The van der Waals surface area contributed by atoms with Crippen molar-refractivity contribution >= 4 is 98.9 Å². The molecule has 0 spiro atoms. The summed E-state index contributed by atoms with van der Waals surface area (Å²) in [5, 5.41) is 36.0. The molecule has 6 aromatic carbocycles. The summed E-state index contributed by atoms with van der Waals surface area (Å²) in [7, 11) is -16.6. The maximum absolute atomic E-state index is 14.3. The van der Waals surface area contributed by atoms with E-state index in [0.717, 1.165) is 75.3 Å². The van der Waals surface area contributed by atoms with Crippen LogP contribution in [0.2, 0.25) is 19.6 Å². The van der Waals surface area contributed by atoms with E-state index >= 15 is 0 Å². The number of halogens is 8. The Morgan fingerprint density at radius 2 is 0.897 bits per heavy atom. The van der Waals surface area contributed by atoms with Crippen LogP contribution in [0.4, 0.5) is 17.6 Å². The molecule has 0 saturated heterocycles. The first kappa shape index (κ1) is 82.5. The third-order valence-corrected chi connectivity index (χ3v) is 15.5. The molecule has 472 valence electrons. The quantitative estimate of drug-likeness (QED) is 0.0399. The second-order valence-corrected chi connectivity index (χ2v) is 32.3. The van der Waals surface area contributed by atoms with Crippen LogP contribution in [0.25, 0.3) is 27.6 Å². The van der Waals surface area contributed by atoms with Gasteiger partial charge in [0, 0.05) is 18.1 Å². The average Bonchev–Trinajstić information content (AvgIpc) is 4.09. The van der Waals surface area contributed by atoms with Crippen LogP contribution in [0.3, 0.4) is 0 Å². The van der Waals surface area contributed by atoms with E-state index < -0.39 is 75.7 Å². The molecule has 1 heterocycles. The molecule has 0 amide bonds.